The molecule has 0 saturated carbocycles. The van der Waals surface area contributed by atoms with Gasteiger partial charge in [-0.1, -0.05) is 24.3 Å². The summed E-state index contributed by atoms with van der Waals surface area (Å²) in [6, 6.07) is 16.7. The Morgan fingerprint density at radius 2 is 1.61 bits per heavy atom. The molecule has 0 N–H and O–H groups in total. The summed E-state index contributed by atoms with van der Waals surface area (Å²) < 4.78 is 21.9. The largest absolute Gasteiger partial charge is 0.497 e. The van der Waals surface area contributed by atoms with Crippen molar-refractivity contribution in [2.24, 2.45) is 0 Å². The maximum atomic E-state index is 13.0. The number of para-hydroxylation sites is 2. The van der Waals surface area contributed by atoms with Gasteiger partial charge in [0.15, 0.2) is 11.5 Å². The minimum atomic E-state index is -0.365. The van der Waals surface area contributed by atoms with E-state index in [-0.39, 0.29) is 24.3 Å². The average Bonchev–Trinajstić information content (AvgIpc) is 3.11. The molecule has 33 heavy (non-hydrogen) atoms. The Labute approximate surface area is 195 Å². The van der Waals surface area contributed by atoms with Crippen LogP contribution in [0.4, 0.5) is 4.79 Å². The predicted molar refractivity (Wildman–Crippen MR) is 128 cm³/mol. The number of hydrogen-bond acceptors (Lipinski definition) is 7. The Balaban J connectivity index is 1.57. The molecule has 3 aromatic carbocycles. The van der Waals surface area contributed by atoms with Crippen molar-refractivity contribution < 1.29 is 28.5 Å². The van der Waals surface area contributed by atoms with Gasteiger partial charge in [0.05, 0.1) is 32.8 Å². The molecule has 1 heterocycles. The average molecular weight is 466 g/mol. The smallest absolute Gasteiger partial charge is 0.293 e. The van der Waals surface area contributed by atoms with Gasteiger partial charge in [-0.05, 0) is 58.9 Å². The van der Waals surface area contributed by atoms with Crippen LogP contribution in [0.25, 0.3) is 16.8 Å². The van der Waals surface area contributed by atoms with Gasteiger partial charge in [-0.15, -0.1) is 0 Å². The van der Waals surface area contributed by atoms with Crippen LogP contribution in [0.5, 0.6) is 23.0 Å². The molecule has 8 heteroatoms. The van der Waals surface area contributed by atoms with Gasteiger partial charge in [0.2, 0.25) is 0 Å². The minimum absolute atomic E-state index is 0.126. The van der Waals surface area contributed by atoms with E-state index in [2.05, 4.69) is 0 Å². The lowest BCUT2D eigenvalue weighted by Gasteiger charge is -2.14. The summed E-state index contributed by atoms with van der Waals surface area (Å²) in [6.07, 6.45) is 1.70. The third-order valence-electron chi connectivity index (χ3n) is 5.24. The fraction of sp³-hybridized carbons (Fsp3) is 0.200. The number of nitrogens with zero attached hydrogens (tertiary/aromatic N) is 1. The number of methoxy groups -OCH3 is 3. The van der Waals surface area contributed by atoms with Crippen molar-refractivity contribution in [3.8, 4) is 23.0 Å². The van der Waals surface area contributed by atoms with Crippen molar-refractivity contribution in [3.63, 3.8) is 0 Å². The molecule has 0 aliphatic carbocycles. The molecule has 0 radical (unpaired) electrons. The first kappa shape index (κ1) is 22.5. The number of hydrogen-bond donors (Lipinski definition) is 0. The van der Waals surface area contributed by atoms with Crippen molar-refractivity contribution in [1.29, 1.82) is 0 Å². The molecule has 2 amide bonds. The van der Waals surface area contributed by atoms with E-state index >= 15 is 0 Å². The van der Waals surface area contributed by atoms with E-state index in [1.165, 1.54) is 4.90 Å². The maximum absolute atomic E-state index is 13.0. The van der Waals surface area contributed by atoms with E-state index in [1.807, 2.05) is 42.5 Å². The van der Waals surface area contributed by atoms with Gasteiger partial charge in [0, 0.05) is 5.56 Å². The van der Waals surface area contributed by atoms with E-state index in [1.54, 1.807) is 39.5 Å². The zero-order valence-corrected chi connectivity index (χ0v) is 19.3. The fourth-order valence-corrected chi connectivity index (χ4v) is 4.41. The summed E-state index contributed by atoms with van der Waals surface area (Å²) in [5.74, 6) is 2.06. The van der Waals surface area contributed by atoms with Crippen molar-refractivity contribution in [1.82, 2.24) is 4.90 Å². The highest BCUT2D eigenvalue weighted by molar-refractivity contribution is 8.18. The second-order valence-electron chi connectivity index (χ2n) is 7.10. The van der Waals surface area contributed by atoms with Crippen LogP contribution >= 0.6 is 11.8 Å². The summed E-state index contributed by atoms with van der Waals surface area (Å²) in [5.41, 5.74) is 0.713. The van der Waals surface area contributed by atoms with Gasteiger partial charge in [-0.3, -0.25) is 14.5 Å². The van der Waals surface area contributed by atoms with Crippen LogP contribution in [0.2, 0.25) is 0 Å². The quantitative estimate of drug-likeness (QED) is 0.434. The summed E-state index contributed by atoms with van der Waals surface area (Å²) >= 11 is 0.900. The van der Waals surface area contributed by atoms with E-state index in [0.29, 0.717) is 33.5 Å². The van der Waals surface area contributed by atoms with E-state index < -0.39 is 0 Å². The summed E-state index contributed by atoms with van der Waals surface area (Å²) in [4.78, 5) is 27.1. The van der Waals surface area contributed by atoms with Crippen LogP contribution in [0.15, 0.2) is 59.5 Å². The molecule has 7 nitrogen and oxygen atoms in total. The fourth-order valence-electron chi connectivity index (χ4n) is 3.56. The highest BCUT2D eigenvalue weighted by Gasteiger charge is 2.35. The first-order valence-electron chi connectivity index (χ1n) is 10.2. The van der Waals surface area contributed by atoms with Gasteiger partial charge >= 0.3 is 0 Å². The van der Waals surface area contributed by atoms with Crippen LogP contribution in [0.3, 0.4) is 0 Å². The van der Waals surface area contributed by atoms with E-state index in [4.69, 9.17) is 18.9 Å². The number of thioether (sulfide) groups is 1. The van der Waals surface area contributed by atoms with Crippen LogP contribution in [-0.2, 0) is 4.79 Å². The highest BCUT2D eigenvalue weighted by atomic mass is 32.2. The Bertz CT molecular complexity index is 1230. The van der Waals surface area contributed by atoms with Gasteiger partial charge in [-0.25, -0.2) is 0 Å². The molecule has 4 rings (SSSR count). The standard InChI is InChI=1S/C25H23NO6S/c1-29-17-10-8-16-9-11-20(30-2)19(18(16)14-17)15-23-24(27)26(25(28)33-23)12-13-32-22-7-5-4-6-21(22)31-3/h4-11,14-15H,12-13H2,1-3H3/b23-15-. The lowest BCUT2D eigenvalue weighted by Crippen LogP contribution is -2.32. The number of amides is 2. The third-order valence-corrected chi connectivity index (χ3v) is 6.15. The first-order chi connectivity index (χ1) is 16.0. The lowest BCUT2D eigenvalue weighted by atomic mass is 10.0. The van der Waals surface area contributed by atoms with Gasteiger partial charge < -0.3 is 18.9 Å². The highest BCUT2D eigenvalue weighted by Crippen LogP contribution is 2.37. The molecule has 1 aliphatic rings. The minimum Gasteiger partial charge on any atom is -0.497 e. The second-order valence-corrected chi connectivity index (χ2v) is 8.09. The second kappa shape index (κ2) is 9.87. The Kier molecular flexibility index (Phi) is 6.74. The predicted octanol–water partition coefficient (Wildman–Crippen LogP) is 4.98. The van der Waals surface area contributed by atoms with E-state index in [9.17, 15) is 9.59 Å². The normalized spacial score (nSPS) is 14.8. The van der Waals surface area contributed by atoms with E-state index in [0.717, 1.165) is 22.5 Å². The molecule has 1 saturated heterocycles. The maximum Gasteiger partial charge on any atom is 0.293 e. The topological polar surface area (TPSA) is 74.3 Å². The van der Waals surface area contributed by atoms with Crippen LogP contribution < -0.4 is 18.9 Å². The van der Waals surface area contributed by atoms with Crippen LogP contribution in [-0.4, -0.2) is 50.5 Å². The number of benzene rings is 3. The number of carbonyl (C=O) groups excluding carboxylic acids is 2. The summed E-state index contributed by atoms with van der Waals surface area (Å²) in [5, 5.41) is 1.49. The molecule has 0 atom stereocenters. The van der Waals surface area contributed by atoms with Crippen LogP contribution in [0, 0.1) is 0 Å². The van der Waals surface area contributed by atoms with Gasteiger partial charge in [-0.2, -0.15) is 0 Å². The first-order valence-corrected chi connectivity index (χ1v) is 11.0. The molecule has 1 fully saturated rings. The van der Waals surface area contributed by atoms with Crippen molar-refractivity contribution in [2.75, 3.05) is 34.5 Å². The van der Waals surface area contributed by atoms with Gasteiger partial charge in [0.25, 0.3) is 11.1 Å². The summed E-state index contributed by atoms with van der Waals surface area (Å²) in [6.45, 7) is 0.279. The number of fused-ring (bicyclic) bond motifs is 1. The number of imide groups is 1. The molecular formula is C25H23NO6S. The molecule has 0 bridgehead atoms. The molecule has 0 aromatic heterocycles. The molecule has 170 valence electrons. The molecule has 0 unspecified atom stereocenters. The number of rotatable bonds is 8. The zero-order valence-electron chi connectivity index (χ0n) is 18.5. The number of carbonyl (C=O) groups is 2. The third kappa shape index (κ3) is 4.61. The van der Waals surface area contributed by atoms with Crippen molar-refractivity contribution in [2.45, 2.75) is 0 Å². The van der Waals surface area contributed by atoms with Crippen LogP contribution in [0.1, 0.15) is 5.56 Å². The number of ether oxygens (including phenoxy) is 4. The Morgan fingerprint density at radius 1 is 0.879 bits per heavy atom. The van der Waals surface area contributed by atoms with Crippen molar-refractivity contribution in [3.05, 3.63) is 65.1 Å². The van der Waals surface area contributed by atoms with Gasteiger partial charge in [0.1, 0.15) is 18.1 Å². The monoisotopic (exact) mass is 465 g/mol. The molecule has 3 aromatic rings. The molecule has 1 aliphatic heterocycles. The Morgan fingerprint density at radius 3 is 2.33 bits per heavy atom. The zero-order chi connectivity index (χ0) is 23.4. The van der Waals surface area contributed by atoms with Crippen molar-refractivity contribution >= 4 is 39.8 Å². The molecular weight excluding hydrogens is 442 g/mol. The SMILES string of the molecule is COc1ccc2ccc(OC)c(/C=C3\SC(=O)N(CCOc4ccccc4OC)C3=O)c2c1. The molecule has 0 spiro atoms. The Hall–Kier alpha value is -3.65. The summed E-state index contributed by atoms with van der Waals surface area (Å²) in [7, 11) is 4.72. The lowest BCUT2D eigenvalue weighted by molar-refractivity contribution is -0.123.